The number of nitrogens with one attached hydrogen (secondary N) is 1. The van der Waals surface area contributed by atoms with Gasteiger partial charge in [-0.2, -0.15) is 5.10 Å². The summed E-state index contributed by atoms with van der Waals surface area (Å²) >= 11 is 0. The van der Waals surface area contributed by atoms with Gasteiger partial charge < -0.3 is 5.32 Å². The summed E-state index contributed by atoms with van der Waals surface area (Å²) in [6.07, 6.45) is 0. The van der Waals surface area contributed by atoms with Crippen molar-refractivity contribution in [3.8, 4) is 0 Å². The summed E-state index contributed by atoms with van der Waals surface area (Å²) in [7, 11) is 0. The first kappa shape index (κ1) is 18.9. The zero-order chi connectivity index (χ0) is 20.4. The summed E-state index contributed by atoms with van der Waals surface area (Å²) in [6, 6.07) is 15.7. The molecule has 4 aromatic rings. The lowest BCUT2D eigenvalue weighted by Crippen LogP contribution is -2.23. The van der Waals surface area contributed by atoms with Crippen LogP contribution in [-0.2, 0) is 19.6 Å². The topological polar surface area (TPSA) is 77.6 Å². The number of benzene rings is 2. The van der Waals surface area contributed by atoms with E-state index in [4.69, 9.17) is 0 Å². The number of nitrogens with zero attached hydrogens (tertiary/aromatic N) is 5. The molecule has 0 saturated carbocycles. The van der Waals surface area contributed by atoms with E-state index in [1.807, 2.05) is 60.5 Å². The minimum atomic E-state index is -0.132. The van der Waals surface area contributed by atoms with Crippen molar-refractivity contribution in [3.63, 3.8) is 0 Å². The molecule has 29 heavy (non-hydrogen) atoms. The number of hydrogen-bond acceptors (Lipinski definition) is 4. The third kappa shape index (κ3) is 3.76. The summed E-state index contributed by atoms with van der Waals surface area (Å²) < 4.78 is 3.80. The molecule has 1 amide bonds. The molecule has 0 bridgehead atoms. The fraction of sp³-hybridized carbons (Fsp3) is 0.273. The van der Waals surface area contributed by atoms with Crippen LogP contribution in [0, 0.1) is 13.8 Å². The average molecular weight is 388 g/mol. The molecule has 0 aliphatic heterocycles. The van der Waals surface area contributed by atoms with Crippen molar-refractivity contribution in [2.45, 2.75) is 40.4 Å². The van der Waals surface area contributed by atoms with E-state index in [2.05, 4.69) is 32.9 Å². The van der Waals surface area contributed by atoms with Crippen molar-refractivity contribution in [1.82, 2.24) is 30.1 Å². The van der Waals surface area contributed by atoms with E-state index in [0.717, 1.165) is 34.5 Å². The van der Waals surface area contributed by atoms with Crippen LogP contribution in [-0.4, -0.2) is 30.7 Å². The molecule has 0 fully saturated rings. The molecule has 2 aromatic heterocycles. The van der Waals surface area contributed by atoms with Crippen LogP contribution in [0.2, 0.25) is 0 Å². The Labute approximate surface area is 169 Å². The maximum absolute atomic E-state index is 12.7. The molecule has 0 radical (unpaired) electrons. The second kappa shape index (κ2) is 7.87. The lowest BCUT2D eigenvalue weighted by atomic mass is 10.1. The van der Waals surface area contributed by atoms with Gasteiger partial charge in [-0.15, -0.1) is 5.10 Å². The van der Waals surface area contributed by atoms with Gasteiger partial charge in [-0.1, -0.05) is 35.5 Å². The van der Waals surface area contributed by atoms with Gasteiger partial charge >= 0.3 is 0 Å². The maximum atomic E-state index is 12.7. The van der Waals surface area contributed by atoms with Crippen molar-refractivity contribution < 1.29 is 4.79 Å². The number of fused-ring (bicyclic) bond motifs is 1. The average Bonchev–Trinajstić information content (AvgIpc) is 3.27. The van der Waals surface area contributed by atoms with Gasteiger partial charge in [-0.3, -0.25) is 9.48 Å². The Morgan fingerprint density at radius 2 is 1.86 bits per heavy atom. The van der Waals surface area contributed by atoms with Crippen LogP contribution in [0.4, 0.5) is 0 Å². The van der Waals surface area contributed by atoms with E-state index in [1.54, 1.807) is 6.07 Å². The van der Waals surface area contributed by atoms with Gasteiger partial charge in [0.25, 0.3) is 5.91 Å². The molecule has 7 heteroatoms. The van der Waals surface area contributed by atoms with Gasteiger partial charge in [0.15, 0.2) is 0 Å². The molecule has 0 saturated heterocycles. The van der Waals surface area contributed by atoms with Crippen LogP contribution in [0.15, 0.2) is 48.5 Å². The first-order valence-corrected chi connectivity index (χ1v) is 9.75. The normalized spacial score (nSPS) is 11.1. The molecule has 0 unspecified atom stereocenters. The lowest BCUT2D eigenvalue weighted by Gasteiger charge is -2.08. The largest absolute Gasteiger partial charge is 0.348 e. The third-order valence-corrected chi connectivity index (χ3v) is 5.21. The van der Waals surface area contributed by atoms with Gasteiger partial charge in [0.1, 0.15) is 5.52 Å². The lowest BCUT2D eigenvalue weighted by molar-refractivity contribution is 0.0951. The highest BCUT2D eigenvalue weighted by atomic mass is 16.1. The monoisotopic (exact) mass is 388 g/mol. The molecule has 0 aliphatic carbocycles. The molecule has 1 N–H and O–H groups in total. The number of amides is 1. The van der Waals surface area contributed by atoms with E-state index in [0.29, 0.717) is 18.7 Å². The summed E-state index contributed by atoms with van der Waals surface area (Å²) in [5.41, 5.74) is 6.47. The summed E-state index contributed by atoms with van der Waals surface area (Å²) in [6.45, 7) is 7.92. The zero-order valence-electron chi connectivity index (χ0n) is 16.9. The van der Waals surface area contributed by atoms with Gasteiger partial charge in [0.2, 0.25) is 0 Å². The molecule has 0 spiro atoms. The Hall–Kier alpha value is -3.48. The second-order valence-corrected chi connectivity index (χ2v) is 7.08. The molecular formula is C22H24N6O. The molecule has 0 aliphatic rings. The van der Waals surface area contributed by atoms with Gasteiger partial charge in [0.05, 0.1) is 17.8 Å². The van der Waals surface area contributed by atoms with Gasteiger partial charge in [0, 0.05) is 29.9 Å². The zero-order valence-corrected chi connectivity index (χ0v) is 16.9. The van der Waals surface area contributed by atoms with Crippen molar-refractivity contribution in [1.29, 1.82) is 0 Å². The van der Waals surface area contributed by atoms with Crippen molar-refractivity contribution in [2.75, 3.05) is 0 Å². The third-order valence-electron chi connectivity index (χ3n) is 5.21. The Balaban J connectivity index is 1.48. The van der Waals surface area contributed by atoms with Crippen LogP contribution in [0.5, 0.6) is 0 Å². The molecule has 7 nitrogen and oxygen atoms in total. The maximum Gasteiger partial charge on any atom is 0.251 e. The van der Waals surface area contributed by atoms with Gasteiger partial charge in [-0.05, 0) is 44.5 Å². The highest BCUT2D eigenvalue weighted by Gasteiger charge is 2.14. The quantitative estimate of drug-likeness (QED) is 0.550. The molecule has 148 valence electrons. The molecular weight excluding hydrogens is 364 g/mol. The molecule has 0 atom stereocenters. The minimum Gasteiger partial charge on any atom is -0.348 e. The predicted octanol–water partition coefficient (Wildman–Crippen LogP) is 3.24. The van der Waals surface area contributed by atoms with E-state index in [1.165, 1.54) is 5.56 Å². The van der Waals surface area contributed by atoms with E-state index in [-0.39, 0.29) is 5.91 Å². The molecule has 4 rings (SSSR count). The number of hydrogen-bond donors (Lipinski definition) is 1. The van der Waals surface area contributed by atoms with Crippen molar-refractivity contribution in [2.24, 2.45) is 0 Å². The number of carbonyl (C=O) groups is 1. The van der Waals surface area contributed by atoms with E-state index in [9.17, 15) is 4.79 Å². The summed E-state index contributed by atoms with van der Waals surface area (Å²) in [5, 5.41) is 15.9. The molecule has 2 aromatic carbocycles. The number of aromatic nitrogens is 5. The summed E-state index contributed by atoms with van der Waals surface area (Å²) in [5.74, 6) is -0.132. The fourth-order valence-corrected chi connectivity index (χ4v) is 3.52. The SMILES string of the molecule is CCn1nnc2cc(C(=O)NCc3c(C)nn(Cc4ccccc4)c3C)ccc21. The van der Waals surface area contributed by atoms with Crippen LogP contribution in [0.25, 0.3) is 11.0 Å². The van der Waals surface area contributed by atoms with Crippen molar-refractivity contribution in [3.05, 3.63) is 76.6 Å². The highest BCUT2D eigenvalue weighted by Crippen LogP contribution is 2.16. The number of aryl methyl sites for hydroxylation is 2. The molecule has 2 heterocycles. The van der Waals surface area contributed by atoms with Crippen LogP contribution >= 0.6 is 0 Å². The summed E-state index contributed by atoms with van der Waals surface area (Å²) in [4.78, 5) is 12.7. The van der Waals surface area contributed by atoms with Crippen molar-refractivity contribution >= 4 is 16.9 Å². The number of carbonyl (C=O) groups excluding carboxylic acids is 1. The Kier molecular flexibility index (Phi) is 5.12. The smallest absolute Gasteiger partial charge is 0.251 e. The van der Waals surface area contributed by atoms with E-state index < -0.39 is 0 Å². The van der Waals surface area contributed by atoms with Gasteiger partial charge in [-0.25, -0.2) is 4.68 Å². The fourth-order valence-electron chi connectivity index (χ4n) is 3.52. The predicted molar refractivity (Wildman–Crippen MR) is 112 cm³/mol. The Morgan fingerprint density at radius 3 is 2.62 bits per heavy atom. The minimum absolute atomic E-state index is 0.132. The Bertz CT molecular complexity index is 1160. The standard InChI is InChI=1S/C22H24N6O/c1-4-27-21-11-10-18(12-20(21)24-26-27)22(29)23-13-19-15(2)25-28(16(19)3)14-17-8-6-5-7-9-17/h5-12H,4,13-14H2,1-3H3,(H,23,29). The van der Waals surface area contributed by atoms with E-state index >= 15 is 0 Å². The first-order valence-electron chi connectivity index (χ1n) is 9.75. The first-order chi connectivity index (χ1) is 14.1. The van der Waals surface area contributed by atoms with Crippen LogP contribution in [0.1, 0.15) is 39.8 Å². The second-order valence-electron chi connectivity index (χ2n) is 7.08. The highest BCUT2D eigenvalue weighted by molar-refractivity contribution is 5.97. The Morgan fingerprint density at radius 1 is 1.07 bits per heavy atom. The van der Waals surface area contributed by atoms with Crippen LogP contribution < -0.4 is 5.32 Å². The number of rotatable bonds is 6. The van der Waals surface area contributed by atoms with Crippen LogP contribution in [0.3, 0.4) is 0 Å².